The van der Waals surface area contributed by atoms with Gasteiger partial charge in [-0.15, -0.1) is 0 Å². The van der Waals surface area contributed by atoms with Crippen molar-refractivity contribution in [3.8, 4) is 5.75 Å². The highest BCUT2D eigenvalue weighted by Gasteiger charge is 2.34. The van der Waals surface area contributed by atoms with Crippen molar-refractivity contribution in [2.24, 2.45) is 11.8 Å². The lowest BCUT2D eigenvalue weighted by atomic mass is 9.74. The third-order valence-corrected chi connectivity index (χ3v) is 16.0. The molecule has 4 N–H and O–H groups in total. The summed E-state index contributed by atoms with van der Waals surface area (Å²) in [5.41, 5.74) is 7.21. The number of piperazine rings is 1. The van der Waals surface area contributed by atoms with Gasteiger partial charge in [0.15, 0.2) is 0 Å². The summed E-state index contributed by atoms with van der Waals surface area (Å²) >= 11 is 3.61. The molecule has 1 unspecified atom stereocenters. The van der Waals surface area contributed by atoms with Crippen molar-refractivity contribution in [3.05, 3.63) is 82.7 Å². The van der Waals surface area contributed by atoms with Gasteiger partial charge >= 0.3 is 0 Å². The maximum Gasteiger partial charge on any atom is 0.234 e. The van der Waals surface area contributed by atoms with Gasteiger partial charge in [-0.1, -0.05) is 19.1 Å². The van der Waals surface area contributed by atoms with E-state index in [-0.39, 0.29) is 17.7 Å². The molecule has 0 bridgehead atoms. The molecule has 4 aliphatic rings. The van der Waals surface area contributed by atoms with Crippen LogP contribution in [0.5, 0.6) is 5.75 Å². The Morgan fingerprint density at radius 1 is 0.894 bits per heavy atom. The average Bonchev–Trinajstić information content (AvgIpc) is 3.30. The Bertz CT molecular complexity index is 2620. The molecule has 348 valence electrons. The highest BCUT2D eigenvalue weighted by atomic mass is 79.9. The fourth-order valence-electron chi connectivity index (χ4n) is 10.4. The zero-order chi connectivity index (χ0) is 46.0. The van der Waals surface area contributed by atoms with Gasteiger partial charge in [0.05, 0.1) is 39.7 Å². The average molecular weight is 979 g/mol. The number of anilines is 6. The Morgan fingerprint density at radius 3 is 2.42 bits per heavy atom. The number of amides is 2. The molecule has 3 aliphatic heterocycles. The number of methoxy groups -OCH3 is 1. The van der Waals surface area contributed by atoms with Crippen LogP contribution in [0.15, 0.2) is 71.6 Å². The monoisotopic (exact) mass is 977 g/mol. The number of halogens is 1. The van der Waals surface area contributed by atoms with Gasteiger partial charge in [0.25, 0.3) is 0 Å². The van der Waals surface area contributed by atoms with Crippen molar-refractivity contribution >= 4 is 85.7 Å². The van der Waals surface area contributed by atoms with Crippen LogP contribution in [0.2, 0.25) is 0 Å². The standard InChI is InChI=1S/C49H61BrN11O4P/c1-5-33-26-41(56-49-54-29-38(50)47(58-49)55-40-11-10-39-45(52-16-15-51-39)46(40)66(3,4)64)43(65-2)27-42(33)61-17-13-36(14-18-61)60-21-19-59(20-22-60)30-32-23-31(24-32)28-53-35-8-6-7-34(25-35)37-9-12-44(62)57-48(37)63/h6-8,10-11,15-16,25-27,29,31-32,36-37,53H,5,9,12-14,17-24,28,30H2,1-4H3,(H,57,62,63)(H2,54,55,56,58). The number of hydrogen-bond acceptors (Lipinski definition) is 14. The maximum atomic E-state index is 13.5. The number of benzene rings is 3. The molecule has 0 spiro atoms. The van der Waals surface area contributed by atoms with Crippen LogP contribution in [0.3, 0.4) is 0 Å². The fraction of sp³-hybridized carbons (Fsp3) is 0.469. The summed E-state index contributed by atoms with van der Waals surface area (Å²) in [6.45, 7) is 14.3. The number of aryl methyl sites for hydroxylation is 1. The quantitative estimate of drug-likeness (QED) is 0.0594. The van der Waals surface area contributed by atoms with Gasteiger partial charge in [-0.05, 0) is 121 Å². The molecule has 9 rings (SSSR count). The van der Waals surface area contributed by atoms with E-state index < -0.39 is 7.14 Å². The van der Waals surface area contributed by atoms with Crippen LogP contribution < -0.4 is 36.2 Å². The Labute approximate surface area is 395 Å². The van der Waals surface area contributed by atoms with Gasteiger partial charge in [-0.25, -0.2) is 4.98 Å². The summed E-state index contributed by atoms with van der Waals surface area (Å²) in [4.78, 5) is 50.3. The smallest absolute Gasteiger partial charge is 0.234 e. The summed E-state index contributed by atoms with van der Waals surface area (Å²) in [6, 6.07) is 16.8. The number of aromatic nitrogens is 4. The zero-order valence-corrected chi connectivity index (χ0v) is 40.8. The van der Waals surface area contributed by atoms with Crippen LogP contribution in [0.4, 0.5) is 34.5 Å². The van der Waals surface area contributed by atoms with Crippen LogP contribution in [-0.4, -0.2) is 120 Å². The van der Waals surface area contributed by atoms with Crippen LogP contribution in [0.1, 0.15) is 62.5 Å². The molecule has 0 radical (unpaired) electrons. The van der Waals surface area contributed by atoms with Crippen molar-refractivity contribution in [3.63, 3.8) is 0 Å². The number of fused-ring (bicyclic) bond motifs is 1. The molecular weight excluding hydrogens is 917 g/mol. The van der Waals surface area contributed by atoms with E-state index in [4.69, 9.17) is 9.72 Å². The predicted molar refractivity (Wildman–Crippen MR) is 267 cm³/mol. The molecule has 1 saturated carbocycles. The number of piperidine rings is 2. The number of ether oxygens (including phenoxy) is 1. The molecule has 3 aromatic carbocycles. The third-order valence-electron chi connectivity index (χ3n) is 13.9. The van der Waals surface area contributed by atoms with Crippen molar-refractivity contribution in [1.29, 1.82) is 0 Å². The van der Waals surface area contributed by atoms with E-state index >= 15 is 0 Å². The molecule has 5 aromatic rings. The van der Waals surface area contributed by atoms with Crippen LogP contribution >= 0.6 is 23.1 Å². The fourth-order valence-corrected chi connectivity index (χ4v) is 12.0. The van der Waals surface area contributed by atoms with Gasteiger partial charge in [0, 0.05) is 101 Å². The van der Waals surface area contributed by atoms with Crippen molar-refractivity contribution in [2.75, 3.05) is 93.6 Å². The molecule has 4 fully saturated rings. The highest BCUT2D eigenvalue weighted by molar-refractivity contribution is 9.10. The van der Waals surface area contributed by atoms with E-state index in [1.54, 1.807) is 39.0 Å². The first kappa shape index (κ1) is 46.0. The normalized spacial score (nSPS) is 21.0. The first-order valence-electron chi connectivity index (χ1n) is 23.4. The molecule has 17 heteroatoms. The van der Waals surface area contributed by atoms with Gasteiger partial charge in [-0.2, -0.15) is 4.98 Å². The number of nitrogens with one attached hydrogen (secondary N) is 4. The van der Waals surface area contributed by atoms with E-state index in [1.807, 2.05) is 24.3 Å². The largest absolute Gasteiger partial charge is 0.494 e. The summed E-state index contributed by atoms with van der Waals surface area (Å²) < 4.78 is 20.2. The van der Waals surface area contributed by atoms with Crippen molar-refractivity contribution in [1.82, 2.24) is 35.1 Å². The van der Waals surface area contributed by atoms with E-state index in [0.717, 1.165) is 93.7 Å². The highest BCUT2D eigenvalue weighted by Crippen LogP contribution is 2.42. The topological polar surface area (TPSA) is 170 Å². The molecule has 3 saturated heterocycles. The lowest BCUT2D eigenvalue weighted by Crippen LogP contribution is -2.54. The SMILES string of the molecule is CCc1cc(Nc2ncc(Br)c(Nc3ccc4nccnc4c3P(C)(C)=O)n2)c(OC)cc1N1CCC(N2CCN(CC3CC(CNc4cccc(C5CCC(=O)NC5=O)c4)C3)CC2)CC1. The molecule has 66 heavy (non-hydrogen) atoms. The van der Waals surface area contributed by atoms with Gasteiger partial charge in [0.1, 0.15) is 24.2 Å². The summed E-state index contributed by atoms with van der Waals surface area (Å²) in [7, 11) is -1.07. The minimum absolute atomic E-state index is 0.177. The van der Waals surface area contributed by atoms with Gasteiger partial charge in [-0.3, -0.25) is 29.8 Å². The molecule has 2 aromatic heterocycles. The van der Waals surface area contributed by atoms with E-state index in [2.05, 4.69) is 98.0 Å². The zero-order valence-electron chi connectivity index (χ0n) is 38.4. The Hall–Kier alpha value is -5.15. The number of carbonyl (C=O) groups is 2. The molecule has 15 nitrogen and oxygen atoms in total. The second-order valence-corrected chi connectivity index (χ2v) is 22.7. The van der Waals surface area contributed by atoms with Gasteiger partial charge < -0.3 is 35.1 Å². The Morgan fingerprint density at radius 2 is 1.68 bits per heavy atom. The summed E-state index contributed by atoms with van der Waals surface area (Å²) in [5.74, 6) is 2.45. The van der Waals surface area contributed by atoms with E-state index in [9.17, 15) is 14.2 Å². The predicted octanol–water partition coefficient (Wildman–Crippen LogP) is 7.73. The first-order valence-corrected chi connectivity index (χ1v) is 26.8. The first-order chi connectivity index (χ1) is 31.9. The van der Waals surface area contributed by atoms with E-state index in [0.29, 0.717) is 63.1 Å². The maximum absolute atomic E-state index is 13.5. The molecule has 1 aliphatic carbocycles. The van der Waals surface area contributed by atoms with E-state index in [1.165, 1.54) is 30.6 Å². The van der Waals surface area contributed by atoms with Crippen LogP contribution in [-0.2, 0) is 20.6 Å². The number of carbonyl (C=O) groups excluding carboxylic acids is 2. The molecule has 5 heterocycles. The Balaban J connectivity index is 0.748. The summed E-state index contributed by atoms with van der Waals surface area (Å²) in [5, 5.41) is 13.5. The second kappa shape index (κ2) is 20.0. The lowest BCUT2D eigenvalue weighted by molar-refractivity contribution is -0.134. The van der Waals surface area contributed by atoms with Crippen LogP contribution in [0, 0.1) is 11.8 Å². The summed E-state index contributed by atoms with van der Waals surface area (Å²) in [6.07, 6.45) is 11.6. The number of rotatable bonds is 15. The second-order valence-electron chi connectivity index (χ2n) is 18.7. The number of hydrogen-bond donors (Lipinski definition) is 4. The molecular formula is C49H61BrN11O4P. The molecule has 1 atom stereocenters. The number of nitrogens with zero attached hydrogens (tertiary/aromatic N) is 7. The Kier molecular flexibility index (Phi) is 13.9. The van der Waals surface area contributed by atoms with Gasteiger partial charge in [0.2, 0.25) is 17.8 Å². The minimum atomic E-state index is -2.77. The lowest BCUT2D eigenvalue weighted by Gasteiger charge is -2.45. The minimum Gasteiger partial charge on any atom is -0.494 e. The number of imide groups is 1. The van der Waals surface area contributed by atoms with Crippen molar-refractivity contribution in [2.45, 2.75) is 63.8 Å². The third kappa shape index (κ3) is 10.4. The van der Waals surface area contributed by atoms with Crippen molar-refractivity contribution < 1.29 is 18.9 Å². The van der Waals surface area contributed by atoms with Crippen LogP contribution in [0.25, 0.3) is 11.0 Å². The molecule has 2 amide bonds.